The minimum atomic E-state index is -3.79. The molecule has 2 aromatic rings. The second-order valence-corrected chi connectivity index (χ2v) is 10.2. The van der Waals surface area contributed by atoms with E-state index in [0.717, 1.165) is 17.3 Å². The molecule has 9 heteroatoms. The third kappa shape index (κ3) is 4.05. The minimum absolute atomic E-state index is 0.0883. The number of hydrogen-bond acceptors (Lipinski definition) is 4. The van der Waals surface area contributed by atoms with E-state index in [-0.39, 0.29) is 15.5 Å². The fourth-order valence-corrected chi connectivity index (χ4v) is 5.50. The first-order chi connectivity index (χ1) is 11.8. The second kappa shape index (κ2) is 7.06. The monoisotopic (exact) mass is 444 g/mol. The highest BCUT2D eigenvalue weighted by Gasteiger charge is 2.27. The highest BCUT2D eigenvalue weighted by molar-refractivity contribution is 9.10. The van der Waals surface area contributed by atoms with Crippen LogP contribution in [-0.4, -0.2) is 34.2 Å². The maximum Gasteiger partial charge on any atom is 0.261 e. The average Bonchev–Trinajstić information content (AvgIpc) is 3.10. The summed E-state index contributed by atoms with van der Waals surface area (Å²) < 4.78 is 54.7. The molecule has 0 bridgehead atoms. The van der Waals surface area contributed by atoms with E-state index in [4.69, 9.17) is 0 Å². The summed E-state index contributed by atoms with van der Waals surface area (Å²) in [6.45, 7) is 0.994. The molecule has 1 aliphatic heterocycles. The lowest BCUT2D eigenvalue weighted by Crippen LogP contribution is -2.27. The molecule has 2 aromatic carbocycles. The minimum Gasteiger partial charge on any atom is -0.280 e. The second-order valence-electron chi connectivity index (χ2n) is 5.70. The summed E-state index contributed by atoms with van der Waals surface area (Å²) >= 11 is 3.26. The normalized spacial score (nSPS) is 16.0. The fourth-order valence-electron chi connectivity index (χ4n) is 2.63. The van der Waals surface area contributed by atoms with Crippen LogP contribution in [0.25, 0.3) is 0 Å². The molecular weight excluding hydrogens is 428 g/mol. The van der Waals surface area contributed by atoms with E-state index in [9.17, 15) is 16.8 Å². The van der Waals surface area contributed by atoms with Crippen molar-refractivity contribution in [3.05, 3.63) is 53.0 Å². The maximum atomic E-state index is 12.6. The Morgan fingerprint density at radius 2 is 1.52 bits per heavy atom. The zero-order valence-electron chi connectivity index (χ0n) is 13.2. The topological polar surface area (TPSA) is 83.5 Å². The van der Waals surface area contributed by atoms with Crippen LogP contribution in [0.2, 0.25) is 0 Å². The van der Waals surface area contributed by atoms with Crippen LogP contribution >= 0.6 is 15.9 Å². The first-order valence-corrected chi connectivity index (χ1v) is 11.4. The lowest BCUT2D eigenvalue weighted by Gasteiger charge is -2.16. The van der Waals surface area contributed by atoms with Gasteiger partial charge >= 0.3 is 0 Å². The smallest absolute Gasteiger partial charge is 0.261 e. The van der Waals surface area contributed by atoms with Gasteiger partial charge in [-0.1, -0.05) is 22.0 Å². The van der Waals surface area contributed by atoms with Crippen LogP contribution in [0.5, 0.6) is 0 Å². The van der Waals surface area contributed by atoms with Gasteiger partial charge in [0.05, 0.1) is 15.5 Å². The van der Waals surface area contributed by atoms with Crippen LogP contribution in [0.4, 0.5) is 5.69 Å². The van der Waals surface area contributed by atoms with Crippen molar-refractivity contribution >= 4 is 41.7 Å². The van der Waals surface area contributed by atoms with Crippen molar-refractivity contribution in [2.75, 3.05) is 17.8 Å². The van der Waals surface area contributed by atoms with Gasteiger partial charge in [0.2, 0.25) is 10.0 Å². The molecule has 0 aromatic heterocycles. The van der Waals surface area contributed by atoms with Crippen LogP contribution < -0.4 is 4.72 Å². The molecular formula is C16H17BrN2O4S2. The molecule has 25 heavy (non-hydrogen) atoms. The number of rotatable bonds is 5. The highest BCUT2D eigenvalue weighted by atomic mass is 79.9. The summed E-state index contributed by atoms with van der Waals surface area (Å²) in [4.78, 5) is 0.189. The first kappa shape index (κ1) is 18.4. The molecule has 1 N–H and O–H groups in total. The zero-order chi connectivity index (χ0) is 18.1. The van der Waals surface area contributed by atoms with E-state index < -0.39 is 20.0 Å². The molecule has 6 nitrogen and oxygen atoms in total. The fraction of sp³-hybridized carbons (Fsp3) is 0.250. The van der Waals surface area contributed by atoms with Crippen molar-refractivity contribution in [2.45, 2.75) is 22.6 Å². The standard InChI is InChI=1S/C16H17BrN2O4S2/c17-13-6-8-15(9-7-13)24(20,21)18-14-4-3-5-16(12-14)25(22,23)19-10-1-2-11-19/h3-9,12,18H,1-2,10-11H2. The van der Waals surface area contributed by atoms with Crippen molar-refractivity contribution in [1.82, 2.24) is 4.31 Å². The molecule has 0 unspecified atom stereocenters. The van der Waals surface area contributed by atoms with E-state index in [0.29, 0.717) is 13.1 Å². The summed E-state index contributed by atoms with van der Waals surface area (Å²) in [7, 11) is -7.39. The van der Waals surface area contributed by atoms with Crippen LogP contribution in [-0.2, 0) is 20.0 Å². The van der Waals surface area contributed by atoms with E-state index in [1.807, 2.05) is 0 Å². The molecule has 134 valence electrons. The molecule has 0 atom stereocenters. The summed E-state index contributed by atoms with van der Waals surface area (Å²) in [5, 5.41) is 0. The molecule has 1 fully saturated rings. The van der Waals surface area contributed by atoms with Gasteiger partial charge in [-0.15, -0.1) is 0 Å². The quantitative estimate of drug-likeness (QED) is 0.767. The van der Waals surface area contributed by atoms with Crippen LogP contribution in [0.3, 0.4) is 0 Å². The van der Waals surface area contributed by atoms with Gasteiger partial charge in [-0.05, 0) is 55.3 Å². The molecule has 0 aliphatic carbocycles. The third-order valence-electron chi connectivity index (χ3n) is 3.91. The Morgan fingerprint density at radius 3 is 2.16 bits per heavy atom. The average molecular weight is 445 g/mol. The van der Waals surface area contributed by atoms with Gasteiger partial charge in [0.25, 0.3) is 10.0 Å². The van der Waals surface area contributed by atoms with Crippen molar-refractivity contribution < 1.29 is 16.8 Å². The van der Waals surface area contributed by atoms with Gasteiger partial charge < -0.3 is 0 Å². The van der Waals surface area contributed by atoms with Gasteiger partial charge in [-0.3, -0.25) is 4.72 Å². The number of sulfonamides is 2. The first-order valence-electron chi connectivity index (χ1n) is 7.68. The molecule has 0 radical (unpaired) electrons. The Balaban J connectivity index is 1.88. The number of halogens is 1. The number of anilines is 1. The van der Waals surface area contributed by atoms with Crippen molar-refractivity contribution in [3.63, 3.8) is 0 Å². The molecule has 1 saturated heterocycles. The highest BCUT2D eigenvalue weighted by Crippen LogP contribution is 2.24. The molecule has 0 amide bonds. The molecule has 3 rings (SSSR count). The van der Waals surface area contributed by atoms with Crippen LogP contribution in [0.15, 0.2) is 62.8 Å². The van der Waals surface area contributed by atoms with Gasteiger partial charge in [-0.2, -0.15) is 4.31 Å². The summed E-state index contributed by atoms with van der Waals surface area (Å²) in [5.41, 5.74) is 0.211. The SMILES string of the molecule is O=S(=O)(Nc1cccc(S(=O)(=O)N2CCCC2)c1)c1ccc(Br)cc1. The Morgan fingerprint density at radius 1 is 0.880 bits per heavy atom. The third-order valence-corrected chi connectivity index (χ3v) is 7.73. The van der Waals surface area contributed by atoms with E-state index in [1.165, 1.54) is 40.7 Å². The lowest BCUT2D eigenvalue weighted by molar-refractivity contribution is 0.477. The maximum absolute atomic E-state index is 12.6. The van der Waals surface area contributed by atoms with Gasteiger partial charge in [0, 0.05) is 17.6 Å². The molecule has 0 saturated carbocycles. The van der Waals surface area contributed by atoms with E-state index in [1.54, 1.807) is 12.1 Å². The van der Waals surface area contributed by atoms with Crippen molar-refractivity contribution in [2.24, 2.45) is 0 Å². The van der Waals surface area contributed by atoms with Crippen LogP contribution in [0, 0.1) is 0 Å². The van der Waals surface area contributed by atoms with Crippen molar-refractivity contribution in [3.8, 4) is 0 Å². The number of nitrogens with one attached hydrogen (secondary N) is 1. The van der Waals surface area contributed by atoms with Crippen LogP contribution in [0.1, 0.15) is 12.8 Å². The Hall–Kier alpha value is -1.42. The van der Waals surface area contributed by atoms with E-state index >= 15 is 0 Å². The number of hydrogen-bond donors (Lipinski definition) is 1. The Kier molecular flexibility index (Phi) is 5.19. The van der Waals surface area contributed by atoms with Gasteiger partial charge in [-0.25, -0.2) is 16.8 Å². The Labute approximate surface area is 156 Å². The molecule has 0 spiro atoms. The number of nitrogens with zero attached hydrogens (tertiary/aromatic N) is 1. The zero-order valence-corrected chi connectivity index (χ0v) is 16.4. The lowest BCUT2D eigenvalue weighted by atomic mass is 10.3. The molecule has 1 heterocycles. The Bertz CT molecular complexity index is 967. The predicted molar refractivity (Wildman–Crippen MR) is 99.4 cm³/mol. The van der Waals surface area contributed by atoms with Gasteiger partial charge in [0.15, 0.2) is 0 Å². The summed E-state index contributed by atoms with van der Waals surface area (Å²) in [6.07, 6.45) is 1.68. The number of benzene rings is 2. The van der Waals surface area contributed by atoms with Gasteiger partial charge in [0.1, 0.15) is 0 Å². The largest absolute Gasteiger partial charge is 0.280 e. The van der Waals surface area contributed by atoms with E-state index in [2.05, 4.69) is 20.7 Å². The summed E-state index contributed by atoms with van der Waals surface area (Å²) in [6, 6.07) is 12.1. The predicted octanol–water partition coefficient (Wildman–Crippen LogP) is 3.03. The van der Waals surface area contributed by atoms with Crippen molar-refractivity contribution in [1.29, 1.82) is 0 Å². The molecule has 1 aliphatic rings. The summed E-state index contributed by atoms with van der Waals surface area (Å²) in [5.74, 6) is 0.